The molecule has 0 radical (unpaired) electrons. The van der Waals surface area contributed by atoms with Gasteiger partial charge in [-0.15, -0.1) is 0 Å². The average molecular weight is 282 g/mol. The van der Waals surface area contributed by atoms with Crippen molar-refractivity contribution in [1.82, 2.24) is 0 Å². The standard InChI is InChI=1S/C15H22O5/c1-9-5-6-11(20-9)15(16)14-12(18-3)7-10(17-2)8-13(14)19-4/h7-9,11,15-16H,5-6H2,1-4H3. The third-order valence-corrected chi connectivity index (χ3v) is 3.67. The molecule has 1 aliphatic heterocycles. The summed E-state index contributed by atoms with van der Waals surface area (Å²) in [4.78, 5) is 0. The molecule has 1 aromatic carbocycles. The highest BCUT2D eigenvalue weighted by atomic mass is 16.5. The SMILES string of the molecule is COc1cc(OC)c(C(O)C2CCC(C)O2)c(OC)c1. The first kappa shape index (κ1) is 14.9. The van der Waals surface area contributed by atoms with Crippen LogP contribution in [0.4, 0.5) is 0 Å². The van der Waals surface area contributed by atoms with Crippen molar-refractivity contribution in [3.63, 3.8) is 0 Å². The largest absolute Gasteiger partial charge is 0.496 e. The van der Waals surface area contributed by atoms with E-state index in [9.17, 15) is 5.11 Å². The molecule has 1 heterocycles. The molecular formula is C15H22O5. The molecule has 112 valence electrons. The van der Waals surface area contributed by atoms with E-state index < -0.39 is 6.10 Å². The Balaban J connectivity index is 2.38. The van der Waals surface area contributed by atoms with Gasteiger partial charge in [0.05, 0.1) is 39.1 Å². The molecule has 1 N–H and O–H groups in total. The summed E-state index contributed by atoms with van der Waals surface area (Å²) in [5.74, 6) is 1.70. The van der Waals surface area contributed by atoms with Crippen LogP contribution >= 0.6 is 0 Å². The molecule has 0 amide bonds. The summed E-state index contributed by atoms with van der Waals surface area (Å²) >= 11 is 0. The zero-order chi connectivity index (χ0) is 14.7. The van der Waals surface area contributed by atoms with Crippen LogP contribution in [0.3, 0.4) is 0 Å². The fourth-order valence-electron chi connectivity index (χ4n) is 2.58. The van der Waals surface area contributed by atoms with Gasteiger partial charge in [-0.05, 0) is 19.8 Å². The van der Waals surface area contributed by atoms with Crippen molar-refractivity contribution in [1.29, 1.82) is 0 Å². The van der Waals surface area contributed by atoms with Crippen LogP contribution < -0.4 is 14.2 Å². The lowest BCUT2D eigenvalue weighted by Gasteiger charge is -2.23. The van der Waals surface area contributed by atoms with Crippen molar-refractivity contribution < 1.29 is 24.1 Å². The van der Waals surface area contributed by atoms with Crippen LogP contribution in [0.5, 0.6) is 17.2 Å². The van der Waals surface area contributed by atoms with E-state index in [1.54, 1.807) is 33.5 Å². The molecule has 0 aliphatic carbocycles. The van der Waals surface area contributed by atoms with Crippen molar-refractivity contribution in [2.24, 2.45) is 0 Å². The first-order valence-electron chi connectivity index (χ1n) is 6.74. The van der Waals surface area contributed by atoms with E-state index in [2.05, 4.69) is 0 Å². The van der Waals surface area contributed by atoms with Crippen LogP contribution in [0, 0.1) is 0 Å². The average Bonchev–Trinajstić information content (AvgIpc) is 2.91. The number of hydrogen-bond donors (Lipinski definition) is 1. The van der Waals surface area contributed by atoms with Gasteiger partial charge in [-0.1, -0.05) is 0 Å². The second-order valence-electron chi connectivity index (χ2n) is 4.95. The van der Waals surface area contributed by atoms with Crippen LogP contribution in [0.15, 0.2) is 12.1 Å². The normalized spacial score (nSPS) is 23.4. The van der Waals surface area contributed by atoms with E-state index in [1.807, 2.05) is 6.92 Å². The van der Waals surface area contributed by atoms with Crippen LogP contribution in [0.1, 0.15) is 31.4 Å². The maximum absolute atomic E-state index is 10.6. The molecule has 2 rings (SSSR count). The van der Waals surface area contributed by atoms with Gasteiger partial charge in [-0.25, -0.2) is 0 Å². The topological polar surface area (TPSA) is 57.2 Å². The lowest BCUT2D eigenvalue weighted by molar-refractivity contribution is -0.0313. The summed E-state index contributed by atoms with van der Waals surface area (Å²) in [6.45, 7) is 2.01. The molecule has 20 heavy (non-hydrogen) atoms. The molecule has 0 bridgehead atoms. The van der Waals surface area contributed by atoms with Crippen molar-refractivity contribution in [2.45, 2.75) is 38.1 Å². The Morgan fingerprint density at radius 1 is 1.10 bits per heavy atom. The van der Waals surface area contributed by atoms with Gasteiger partial charge in [0.15, 0.2) is 0 Å². The second-order valence-corrected chi connectivity index (χ2v) is 4.95. The Morgan fingerprint density at radius 3 is 2.10 bits per heavy atom. The molecule has 1 aromatic rings. The summed E-state index contributed by atoms with van der Waals surface area (Å²) in [5, 5.41) is 10.6. The summed E-state index contributed by atoms with van der Waals surface area (Å²) in [6, 6.07) is 3.47. The Bertz CT molecular complexity index is 435. The molecule has 5 heteroatoms. The van der Waals surface area contributed by atoms with E-state index in [0.717, 1.165) is 12.8 Å². The number of rotatable bonds is 5. The number of benzene rings is 1. The lowest BCUT2D eigenvalue weighted by atomic mass is 9.99. The smallest absolute Gasteiger partial charge is 0.132 e. The van der Waals surface area contributed by atoms with Gasteiger partial charge in [0.1, 0.15) is 23.4 Å². The molecule has 1 aliphatic rings. The van der Waals surface area contributed by atoms with E-state index in [4.69, 9.17) is 18.9 Å². The molecule has 0 saturated carbocycles. The highest BCUT2D eigenvalue weighted by Gasteiger charge is 2.33. The van der Waals surface area contributed by atoms with E-state index >= 15 is 0 Å². The highest BCUT2D eigenvalue weighted by Crippen LogP contribution is 2.42. The summed E-state index contributed by atoms with van der Waals surface area (Å²) < 4.78 is 21.7. The van der Waals surface area contributed by atoms with E-state index in [-0.39, 0.29) is 12.2 Å². The Hall–Kier alpha value is -1.46. The minimum atomic E-state index is -0.782. The number of aliphatic hydroxyl groups excluding tert-OH is 1. The van der Waals surface area contributed by atoms with Crippen molar-refractivity contribution in [3.05, 3.63) is 17.7 Å². The maximum atomic E-state index is 10.6. The lowest BCUT2D eigenvalue weighted by Crippen LogP contribution is -2.20. The molecule has 0 spiro atoms. The van der Waals surface area contributed by atoms with Crippen LogP contribution in [-0.2, 0) is 4.74 Å². The molecule has 3 unspecified atom stereocenters. The van der Waals surface area contributed by atoms with Crippen LogP contribution in [-0.4, -0.2) is 38.6 Å². The van der Waals surface area contributed by atoms with Crippen LogP contribution in [0.25, 0.3) is 0 Å². The first-order chi connectivity index (χ1) is 9.60. The Labute approximate surface area is 119 Å². The number of ether oxygens (including phenoxy) is 4. The Morgan fingerprint density at radius 2 is 1.70 bits per heavy atom. The molecule has 1 saturated heterocycles. The third kappa shape index (κ3) is 2.83. The Kier molecular flexibility index (Phi) is 4.73. The van der Waals surface area contributed by atoms with Gasteiger partial charge < -0.3 is 24.1 Å². The molecular weight excluding hydrogens is 260 g/mol. The maximum Gasteiger partial charge on any atom is 0.132 e. The zero-order valence-electron chi connectivity index (χ0n) is 12.4. The predicted octanol–water partition coefficient (Wildman–Crippen LogP) is 2.31. The van der Waals surface area contributed by atoms with Crippen LogP contribution in [0.2, 0.25) is 0 Å². The highest BCUT2D eigenvalue weighted by molar-refractivity contribution is 5.52. The molecule has 3 atom stereocenters. The molecule has 0 aromatic heterocycles. The fraction of sp³-hybridized carbons (Fsp3) is 0.600. The first-order valence-corrected chi connectivity index (χ1v) is 6.74. The van der Waals surface area contributed by atoms with E-state index in [0.29, 0.717) is 22.8 Å². The third-order valence-electron chi connectivity index (χ3n) is 3.67. The van der Waals surface area contributed by atoms with Crippen molar-refractivity contribution >= 4 is 0 Å². The van der Waals surface area contributed by atoms with Gasteiger partial charge in [0, 0.05) is 12.1 Å². The fourth-order valence-corrected chi connectivity index (χ4v) is 2.58. The minimum absolute atomic E-state index is 0.171. The van der Waals surface area contributed by atoms with Crippen molar-refractivity contribution in [2.75, 3.05) is 21.3 Å². The van der Waals surface area contributed by atoms with Gasteiger partial charge in [0.25, 0.3) is 0 Å². The number of aliphatic hydroxyl groups is 1. The molecule has 1 fully saturated rings. The van der Waals surface area contributed by atoms with Gasteiger partial charge in [-0.2, -0.15) is 0 Å². The van der Waals surface area contributed by atoms with E-state index in [1.165, 1.54) is 0 Å². The van der Waals surface area contributed by atoms with Crippen molar-refractivity contribution in [3.8, 4) is 17.2 Å². The van der Waals surface area contributed by atoms with Gasteiger partial charge >= 0.3 is 0 Å². The summed E-state index contributed by atoms with van der Waals surface area (Å²) in [5.41, 5.74) is 0.606. The predicted molar refractivity (Wildman–Crippen MR) is 74.6 cm³/mol. The zero-order valence-corrected chi connectivity index (χ0v) is 12.4. The second kappa shape index (κ2) is 6.33. The minimum Gasteiger partial charge on any atom is -0.496 e. The summed E-state index contributed by atoms with van der Waals surface area (Å²) in [6.07, 6.45) is 0.922. The van der Waals surface area contributed by atoms with Gasteiger partial charge in [0.2, 0.25) is 0 Å². The monoisotopic (exact) mass is 282 g/mol. The number of methoxy groups -OCH3 is 3. The van der Waals surface area contributed by atoms with Gasteiger partial charge in [-0.3, -0.25) is 0 Å². The number of hydrogen-bond acceptors (Lipinski definition) is 5. The quantitative estimate of drug-likeness (QED) is 0.898. The molecule has 5 nitrogen and oxygen atoms in total. The summed E-state index contributed by atoms with van der Waals surface area (Å²) in [7, 11) is 4.69.